The molecule has 9 nitrogen and oxygen atoms in total. The van der Waals surface area contributed by atoms with Crippen molar-refractivity contribution in [1.82, 2.24) is 15.5 Å². The minimum absolute atomic E-state index is 0.237. The number of rotatable bonds is 4. The van der Waals surface area contributed by atoms with E-state index < -0.39 is 11.9 Å². The number of carbonyl (C=O) groups excluding carboxylic acids is 4. The number of fused-ring (bicyclic) bond motifs is 1. The molecular formula is C22H22N4O5. The minimum Gasteiger partial charge on any atom is -0.392 e. The van der Waals surface area contributed by atoms with Gasteiger partial charge < -0.3 is 10.4 Å². The molecule has 1 saturated heterocycles. The molecule has 1 unspecified atom stereocenters. The number of hydrogen-bond acceptors (Lipinski definition) is 6. The standard InChI is InChI=1S/C22H22N4O5/c27-12-15-3-1-2-4-17(15)23-22(31)25-20(29)13-5-6-14-10-26(11-16(14)9-13)18-7-8-19(28)24-21(18)30/h1-6,9,18,27H,7-8,10-12H2,(H,24,28,30)(H2,23,25,29,31). The molecule has 160 valence electrons. The fourth-order valence-electron chi connectivity index (χ4n) is 3.92. The third-order valence-corrected chi connectivity index (χ3v) is 5.53. The van der Waals surface area contributed by atoms with Gasteiger partial charge in [-0.2, -0.15) is 0 Å². The summed E-state index contributed by atoms with van der Waals surface area (Å²) in [6, 6.07) is 10.8. The number of hydrogen-bond donors (Lipinski definition) is 4. The van der Waals surface area contributed by atoms with Gasteiger partial charge in [0.05, 0.1) is 12.6 Å². The van der Waals surface area contributed by atoms with Crippen molar-refractivity contribution in [3.63, 3.8) is 0 Å². The van der Waals surface area contributed by atoms with Gasteiger partial charge in [-0.05, 0) is 35.7 Å². The van der Waals surface area contributed by atoms with E-state index in [4.69, 9.17) is 0 Å². The van der Waals surface area contributed by atoms with Crippen molar-refractivity contribution in [3.8, 4) is 0 Å². The lowest BCUT2D eigenvalue weighted by Crippen LogP contribution is -2.50. The molecule has 2 aliphatic rings. The Bertz CT molecular complexity index is 1070. The number of nitrogens with one attached hydrogen (secondary N) is 3. The third-order valence-electron chi connectivity index (χ3n) is 5.53. The molecule has 4 N–H and O–H groups in total. The number of imide groups is 2. The predicted molar refractivity (Wildman–Crippen MR) is 111 cm³/mol. The maximum Gasteiger partial charge on any atom is 0.326 e. The topological polar surface area (TPSA) is 128 Å². The lowest BCUT2D eigenvalue weighted by Gasteiger charge is -2.29. The number of para-hydroxylation sites is 1. The molecule has 0 radical (unpaired) electrons. The zero-order valence-electron chi connectivity index (χ0n) is 16.7. The van der Waals surface area contributed by atoms with E-state index in [1.165, 1.54) is 0 Å². The first-order chi connectivity index (χ1) is 14.9. The fraction of sp³-hybridized carbons (Fsp3) is 0.273. The summed E-state index contributed by atoms with van der Waals surface area (Å²) in [7, 11) is 0. The molecule has 1 fully saturated rings. The number of aliphatic hydroxyl groups is 1. The molecule has 2 aromatic carbocycles. The Hall–Kier alpha value is -3.56. The van der Waals surface area contributed by atoms with Crippen molar-refractivity contribution in [1.29, 1.82) is 0 Å². The van der Waals surface area contributed by atoms with Crippen LogP contribution in [0.5, 0.6) is 0 Å². The van der Waals surface area contributed by atoms with Crippen LogP contribution in [0, 0.1) is 0 Å². The van der Waals surface area contributed by atoms with E-state index in [2.05, 4.69) is 16.0 Å². The zero-order chi connectivity index (χ0) is 22.0. The molecule has 2 aliphatic heterocycles. The van der Waals surface area contributed by atoms with E-state index in [0.29, 0.717) is 42.7 Å². The second kappa shape index (κ2) is 8.66. The van der Waals surface area contributed by atoms with Crippen LogP contribution in [0.15, 0.2) is 42.5 Å². The first-order valence-electron chi connectivity index (χ1n) is 9.95. The van der Waals surface area contributed by atoms with Gasteiger partial charge in [0.25, 0.3) is 5.91 Å². The molecule has 0 aromatic heterocycles. The number of amides is 5. The number of piperidine rings is 1. The maximum absolute atomic E-state index is 12.5. The Kier molecular flexibility index (Phi) is 5.79. The van der Waals surface area contributed by atoms with Crippen LogP contribution >= 0.6 is 0 Å². The van der Waals surface area contributed by atoms with Crippen molar-refractivity contribution in [3.05, 3.63) is 64.7 Å². The number of aliphatic hydroxyl groups excluding tert-OH is 1. The van der Waals surface area contributed by atoms with Crippen molar-refractivity contribution < 1.29 is 24.3 Å². The van der Waals surface area contributed by atoms with Crippen molar-refractivity contribution in [2.75, 3.05) is 5.32 Å². The largest absolute Gasteiger partial charge is 0.392 e. The van der Waals surface area contributed by atoms with Gasteiger partial charge in [-0.15, -0.1) is 0 Å². The van der Waals surface area contributed by atoms with Crippen LogP contribution in [0.3, 0.4) is 0 Å². The quantitative estimate of drug-likeness (QED) is 0.550. The van der Waals surface area contributed by atoms with Gasteiger partial charge in [0, 0.05) is 36.3 Å². The first-order valence-corrected chi connectivity index (χ1v) is 9.95. The number of carbonyl (C=O) groups is 4. The molecule has 0 aliphatic carbocycles. The average Bonchev–Trinajstić information content (AvgIpc) is 3.17. The smallest absolute Gasteiger partial charge is 0.326 e. The summed E-state index contributed by atoms with van der Waals surface area (Å²) in [4.78, 5) is 50.2. The van der Waals surface area contributed by atoms with Crippen molar-refractivity contribution >= 4 is 29.4 Å². The Morgan fingerprint density at radius 1 is 1.10 bits per heavy atom. The summed E-state index contributed by atoms with van der Waals surface area (Å²) in [6.07, 6.45) is 0.785. The van der Waals surface area contributed by atoms with Gasteiger partial charge in [-0.25, -0.2) is 4.79 Å². The fourth-order valence-corrected chi connectivity index (χ4v) is 3.92. The van der Waals surface area contributed by atoms with Crippen molar-refractivity contribution in [2.45, 2.75) is 38.6 Å². The van der Waals surface area contributed by atoms with Crippen LogP contribution in [0.2, 0.25) is 0 Å². The average molecular weight is 422 g/mol. The number of benzene rings is 2. The third kappa shape index (κ3) is 4.47. The zero-order valence-corrected chi connectivity index (χ0v) is 16.7. The minimum atomic E-state index is -0.698. The van der Waals surface area contributed by atoms with E-state index in [1.807, 2.05) is 11.0 Å². The molecule has 2 heterocycles. The monoisotopic (exact) mass is 422 g/mol. The number of anilines is 1. The van der Waals surface area contributed by atoms with Crippen molar-refractivity contribution in [2.24, 2.45) is 0 Å². The summed E-state index contributed by atoms with van der Waals surface area (Å²) in [5.74, 6) is -1.10. The molecule has 0 bridgehead atoms. The molecule has 31 heavy (non-hydrogen) atoms. The second-order valence-electron chi connectivity index (χ2n) is 7.58. The molecule has 1 atom stereocenters. The Balaban J connectivity index is 1.40. The van der Waals surface area contributed by atoms with Gasteiger partial charge in [-0.3, -0.25) is 29.9 Å². The molecule has 2 aromatic rings. The summed E-state index contributed by atoms with van der Waals surface area (Å²) in [6.45, 7) is 0.805. The summed E-state index contributed by atoms with van der Waals surface area (Å²) >= 11 is 0. The Labute approximate surface area is 178 Å². The van der Waals surface area contributed by atoms with Gasteiger partial charge in [0.1, 0.15) is 0 Å². The molecule has 4 rings (SSSR count). The Morgan fingerprint density at radius 3 is 2.65 bits per heavy atom. The van der Waals surface area contributed by atoms with Gasteiger partial charge in [-0.1, -0.05) is 24.3 Å². The molecule has 0 spiro atoms. The molecule has 5 amide bonds. The van der Waals surface area contributed by atoms with E-state index in [1.54, 1.807) is 36.4 Å². The molecule has 0 saturated carbocycles. The highest BCUT2D eigenvalue weighted by Gasteiger charge is 2.34. The molecular weight excluding hydrogens is 400 g/mol. The van der Waals surface area contributed by atoms with E-state index >= 15 is 0 Å². The van der Waals surface area contributed by atoms with Crippen LogP contribution in [-0.4, -0.2) is 39.8 Å². The second-order valence-corrected chi connectivity index (χ2v) is 7.58. The maximum atomic E-state index is 12.5. The van der Waals surface area contributed by atoms with E-state index in [9.17, 15) is 24.3 Å². The predicted octanol–water partition coefficient (Wildman–Crippen LogP) is 1.26. The van der Waals surface area contributed by atoms with Crippen LogP contribution in [0.25, 0.3) is 0 Å². The van der Waals surface area contributed by atoms with Crippen LogP contribution in [-0.2, 0) is 29.3 Å². The Morgan fingerprint density at radius 2 is 1.87 bits per heavy atom. The van der Waals surface area contributed by atoms with Crippen LogP contribution in [0.4, 0.5) is 10.5 Å². The lowest BCUT2D eigenvalue weighted by molar-refractivity contribution is -0.137. The normalized spacial score (nSPS) is 18.3. The van der Waals surface area contributed by atoms with Crippen LogP contribution in [0.1, 0.15) is 39.9 Å². The first kappa shape index (κ1) is 20.7. The van der Waals surface area contributed by atoms with Gasteiger partial charge in [0.15, 0.2) is 0 Å². The lowest BCUT2D eigenvalue weighted by atomic mass is 10.0. The van der Waals surface area contributed by atoms with Gasteiger partial charge >= 0.3 is 6.03 Å². The molecule has 9 heteroatoms. The van der Waals surface area contributed by atoms with Crippen LogP contribution < -0.4 is 16.0 Å². The van der Waals surface area contributed by atoms with E-state index in [0.717, 1.165) is 11.1 Å². The highest BCUT2D eigenvalue weighted by atomic mass is 16.3. The summed E-state index contributed by atoms with van der Waals surface area (Å²) in [5.41, 5.74) is 3.20. The summed E-state index contributed by atoms with van der Waals surface area (Å²) in [5, 5.41) is 16.6. The highest BCUT2D eigenvalue weighted by molar-refractivity contribution is 6.08. The number of urea groups is 1. The number of nitrogens with zero attached hydrogens (tertiary/aromatic N) is 1. The van der Waals surface area contributed by atoms with E-state index in [-0.39, 0.29) is 24.5 Å². The SMILES string of the molecule is O=C1CCC(N2Cc3ccc(C(=O)NC(=O)Nc4ccccc4CO)cc3C2)C(=O)N1. The highest BCUT2D eigenvalue weighted by Crippen LogP contribution is 2.28. The summed E-state index contributed by atoms with van der Waals surface area (Å²) < 4.78 is 0. The van der Waals surface area contributed by atoms with Gasteiger partial charge in [0.2, 0.25) is 11.8 Å².